The highest BCUT2D eigenvalue weighted by atomic mass is 79.9. The first-order valence-corrected chi connectivity index (χ1v) is 7.85. The quantitative estimate of drug-likeness (QED) is 0.698. The zero-order valence-corrected chi connectivity index (χ0v) is 14.6. The first kappa shape index (κ1) is 16.1. The number of carbonyl (C=O) groups is 1. The van der Waals surface area contributed by atoms with Gasteiger partial charge in [0, 0.05) is 19.7 Å². The molecule has 0 aromatic heterocycles. The topological polar surface area (TPSA) is 64.3 Å². The van der Waals surface area contributed by atoms with E-state index in [-0.39, 0.29) is 12.5 Å². The molecule has 0 aliphatic rings. The molecule has 0 aliphatic heterocycles. The van der Waals surface area contributed by atoms with Gasteiger partial charge in [0.05, 0.1) is 5.69 Å². The van der Waals surface area contributed by atoms with Crippen molar-refractivity contribution in [3.63, 3.8) is 0 Å². The third-order valence-electron chi connectivity index (χ3n) is 2.51. The number of carbonyl (C=O) groups excluding carboxylic acids is 1. The summed E-state index contributed by atoms with van der Waals surface area (Å²) in [5, 5.41) is 3.36. The van der Waals surface area contributed by atoms with Crippen LogP contribution >= 0.6 is 43.5 Å². The van der Waals surface area contributed by atoms with Crippen LogP contribution in [-0.2, 0) is 4.79 Å². The van der Waals surface area contributed by atoms with Crippen LogP contribution in [0.5, 0.6) is 5.75 Å². The highest BCUT2D eigenvalue weighted by molar-refractivity contribution is 9.11. The van der Waals surface area contributed by atoms with Crippen LogP contribution < -0.4 is 15.8 Å². The van der Waals surface area contributed by atoms with Gasteiger partial charge in [0.2, 0.25) is 0 Å². The van der Waals surface area contributed by atoms with Gasteiger partial charge in [0.15, 0.2) is 6.61 Å². The summed E-state index contributed by atoms with van der Waals surface area (Å²) in [7, 11) is 0. The minimum Gasteiger partial charge on any atom is -0.484 e. The molecule has 0 spiro atoms. The number of ether oxygens (including phenoxy) is 1. The molecule has 21 heavy (non-hydrogen) atoms. The van der Waals surface area contributed by atoms with Gasteiger partial charge >= 0.3 is 0 Å². The van der Waals surface area contributed by atoms with E-state index in [9.17, 15) is 4.79 Å². The smallest absolute Gasteiger partial charge is 0.262 e. The molecule has 7 heteroatoms. The molecular weight excluding hydrogens is 423 g/mol. The Morgan fingerprint density at radius 1 is 1.19 bits per heavy atom. The minimum absolute atomic E-state index is 0.106. The lowest BCUT2D eigenvalue weighted by Gasteiger charge is -2.11. The summed E-state index contributed by atoms with van der Waals surface area (Å²) >= 11 is 12.5. The van der Waals surface area contributed by atoms with E-state index in [1.165, 1.54) is 0 Å². The molecule has 0 fully saturated rings. The number of nitrogen functional groups attached to an aromatic ring is 1. The maximum Gasteiger partial charge on any atom is 0.262 e. The summed E-state index contributed by atoms with van der Waals surface area (Å²) in [4.78, 5) is 11.9. The van der Waals surface area contributed by atoms with E-state index < -0.39 is 0 Å². The molecule has 4 nitrogen and oxygen atoms in total. The number of amides is 1. The van der Waals surface area contributed by atoms with Gasteiger partial charge in [0.25, 0.3) is 5.91 Å². The van der Waals surface area contributed by atoms with E-state index in [2.05, 4.69) is 37.2 Å². The fraction of sp³-hybridized carbons (Fsp3) is 0.0714. The first-order chi connectivity index (χ1) is 9.95. The highest BCUT2D eigenvalue weighted by Gasteiger charge is 2.11. The van der Waals surface area contributed by atoms with Crippen molar-refractivity contribution >= 4 is 60.7 Å². The maximum atomic E-state index is 11.9. The number of rotatable bonds is 4. The van der Waals surface area contributed by atoms with Gasteiger partial charge in [-0.1, -0.05) is 11.6 Å². The first-order valence-electron chi connectivity index (χ1n) is 5.88. The molecule has 2 rings (SSSR count). The van der Waals surface area contributed by atoms with Crippen LogP contribution in [-0.4, -0.2) is 12.5 Å². The Balaban J connectivity index is 1.97. The predicted molar refractivity (Wildman–Crippen MR) is 91.8 cm³/mol. The zero-order chi connectivity index (χ0) is 15.4. The van der Waals surface area contributed by atoms with Gasteiger partial charge < -0.3 is 15.8 Å². The van der Waals surface area contributed by atoms with Crippen molar-refractivity contribution in [2.24, 2.45) is 0 Å². The fourth-order valence-electron chi connectivity index (χ4n) is 1.57. The molecule has 3 N–H and O–H groups in total. The second kappa shape index (κ2) is 7.15. The highest BCUT2D eigenvalue weighted by Crippen LogP contribution is 2.33. The Morgan fingerprint density at radius 3 is 2.33 bits per heavy atom. The summed E-state index contributed by atoms with van der Waals surface area (Å²) in [6, 6.07) is 10.2. The van der Waals surface area contributed by atoms with Gasteiger partial charge in [-0.3, -0.25) is 4.79 Å². The number of nitrogens with two attached hydrogens (primary N) is 1. The van der Waals surface area contributed by atoms with Crippen molar-refractivity contribution in [1.82, 2.24) is 0 Å². The SMILES string of the molecule is Nc1cc(Br)c(NC(=O)COc2ccc(Cl)cc2)c(Br)c1. The fourth-order valence-corrected chi connectivity index (χ4v) is 3.11. The lowest BCUT2D eigenvalue weighted by atomic mass is 10.3. The van der Waals surface area contributed by atoms with Gasteiger partial charge in [-0.2, -0.15) is 0 Å². The Bertz CT molecular complexity index is 640. The van der Waals surface area contributed by atoms with Gasteiger partial charge in [-0.15, -0.1) is 0 Å². The van der Waals surface area contributed by atoms with Gasteiger partial charge in [-0.25, -0.2) is 0 Å². The molecule has 0 bridgehead atoms. The lowest BCUT2D eigenvalue weighted by Crippen LogP contribution is -2.20. The van der Waals surface area contributed by atoms with Crippen molar-refractivity contribution in [1.29, 1.82) is 0 Å². The van der Waals surface area contributed by atoms with Crippen molar-refractivity contribution in [2.45, 2.75) is 0 Å². The predicted octanol–water partition coefficient (Wildman–Crippen LogP) is 4.46. The number of benzene rings is 2. The minimum atomic E-state index is -0.281. The number of anilines is 2. The molecule has 0 aliphatic carbocycles. The average molecular weight is 435 g/mol. The molecular formula is C14H11Br2ClN2O2. The molecule has 2 aromatic carbocycles. The third-order valence-corrected chi connectivity index (χ3v) is 4.02. The second-order valence-electron chi connectivity index (χ2n) is 4.15. The van der Waals surface area contributed by atoms with Crippen molar-refractivity contribution < 1.29 is 9.53 Å². The van der Waals surface area contributed by atoms with E-state index in [0.29, 0.717) is 31.1 Å². The van der Waals surface area contributed by atoms with Crippen molar-refractivity contribution in [2.75, 3.05) is 17.7 Å². The molecule has 1 amide bonds. The molecule has 110 valence electrons. The van der Waals surface area contributed by atoms with Crippen LogP contribution in [0.4, 0.5) is 11.4 Å². The average Bonchev–Trinajstić information content (AvgIpc) is 2.42. The van der Waals surface area contributed by atoms with Crippen LogP contribution in [0.2, 0.25) is 5.02 Å². The molecule has 0 saturated carbocycles. The Kier molecular flexibility index (Phi) is 5.50. The van der Waals surface area contributed by atoms with Crippen LogP contribution in [0.15, 0.2) is 45.3 Å². The summed E-state index contributed by atoms with van der Waals surface area (Å²) < 4.78 is 6.75. The molecule has 2 aromatic rings. The van der Waals surface area contributed by atoms with Crippen LogP contribution in [0, 0.1) is 0 Å². The Hall–Kier alpha value is -1.24. The number of halogens is 3. The molecule has 0 saturated heterocycles. The largest absolute Gasteiger partial charge is 0.484 e. The van der Waals surface area contributed by atoms with Crippen LogP contribution in [0.3, 0.4) is 0 Å². The monoisotopic (exact) mass is 432 g/mol. The zero-order valence-electron chi connectivity index (χ0n) is 10.7. The standard InChI is InChI=1S/C14H11Br2ClN2O2/c15-11-5-9(18)6-12(16)14(11)19-13(20)7-21-10-3-1-8(17)2-4-10/h1-6H,7,18H2,(H,19,20). The number of hydrogen-bond acceptors (Lipinski definition) is 3. The summed E-state index contributed by atoms with van der Waals surface area (Å²) in [5.74, 6) is 0.293. The third kappa shape index (κ3) is 4.62. The van der Waals surface area contributed by atoms with E-state index in [1.54, 1.807) is 36.4 Å². The second-order valence-corrected chi connectivity index (χ2v) is 6.30. The van der Waals surface area contributed by atoms with E-state index >= 15 is 0 Å². The normalized spacial score (nSPS) is 10.2. The van der Waals surface area contributed by atoms with E-state index in [0.717, 1.165) is 0 Å². The number of nitrogens with one attached hydrogen (secondary N) is 1. The Morgan fingerprint density at radius 2 is 1.76 bits per heavy atom. The van der Waals surface area contributed by atoms with Crippen LogP contribution in [0.25, 0.3) is 0 Å². The molecule has 0 atom stereocenters. The van der Waals surface area contributed by atoms with Crippen LogP contribution in [0.1, 0.15) is 0 Å². The van der Waals surface area contributed by atoms with Gasteiger partial charge in [0.1, 0.15) is 5.75 Å². The lowest BCUT2D eigenvalue weighted by molar-refractivity contribution is -0.118. The van der Waals surface area contributed by atoms with Crippen molar-refractivity contribution in [3.05, 3.63) is 50.4 Å². The van der Waals surface area contributed by atoms with Gasteiger partial charge in [-0.05, 0) is 68.3 Å². The Labute approximate surface area is 143 Å². The van der Waals surface area contributed by atoms with E-state index in [4.69, 9.17) is 22.1 Å². The van der Waals surface area contributed by atoms with Crippen molar-refractivity contribution in [3.8, 4) is 5.75 Å². The summed E-state index contributed by atoms with van der Waals surface area (Å²) in [6.07, 6.45) is 0. The maximum absolute atomic E-state index is 11.9. The number of hydrogen-bond donors (Lipinski definition) is 2. The van der Waals surface area contributed by atoms with E-state index in [1.807, 2.05) is 0 Å². The molecule has 0 unspecified atom stereocenters. The summed E-state index contributed by atoms with van der Waals surface area (Å²) in [6.45, 7) is -0.106. The molecule has 0 radical (unpaired) electrons. The molecule has 0 heterocycles. The summed E-state index contributed by atoms with van der Waals surface area (Å²) in [5.41, 5.74) is 6.89.